The monoisotopic (exact) mass is 160 g/mol. The van der Waals surface area contributed by atoms with Crippen molar-refractivity contribution in [3.63, 3.8) is 0 Å². The lowest BCUT2D eigenvalue weighted by Crippen LogP contribution is -2.36. The highest BCUT2D eigenvalue weighted by molar-refractivity contribution is 5.76. The smallest absolute Gasteiger partial charge is 0.337 e. The van der Waals surface area contributed by atoms with Gasteiger partial charge in [0, 0.05) is 0 Å². The van der Waals surface area contributed by atoms with Crippen molar-refractivity contribution in [1.29, 1.82) is 0 Å². The quantitative estimate of drug-likeness (QED) is 0.445. The lowest BCUT2D eigenvalue weighted by Gasteiger charge is -2.11. The Morgan fingerprint density at radius 2 is 2.27 bits per heavy atom. The molecule has 1 rings (SSSR count). The molecule has 3 atom stereocenters. The fraction of sp³-hybridized carbons (Fsp3) is 0.857. The van der Waals surface area contributed by atoms with Crippen LogP contribution >= 0.6 is 0 Å². The van der Waals surface area contributed by atoms with Crippen LogP contribution in [0.15, 0.2) is 0 Å². The maximum Gasteiger partial charge on any atom is 0.337 e. The van der Waals surface area contributed by atoms with Gasteiger partial charge < -0.3 is 14.6 Å². The number of carbonyl (C=O) groups is 1. The molecule has 0 unspecified atom stereocenters. The van der Waals surface area contributed by atoms with Gasteiger partial charge in [-0.25, -0.2) is 4.79 Å². The zero-order valence-electron chi connectivity index (χ0n) is 6.83. The Balaban J connectivity index is 2.55. The van der Waals surface area contributed by atoms with Crippen molar-refractivity contribution in [3.05, 3.63) is 0 Å². The number of hydrogen-bond donors (Lipinski definition) is 1. The highest BCUT2D eigenvalue weighted by atomic mass is 16.6. The number of methoxy groups -OCH3 is 1. The van der Waals surface area contributed by atoms with Gasteiger partial charge in [-0.1, -0.05) is 0 Å². The minimum Gasteiger partial charge on any atom is -0.467 e. The maximum atomic E-state index is 10.8. The molecule has 1 aliphatic heterocycles. The second-order valence-corrected chi connectivity index (χ2v) is 2.87. The van der Waals surface area contributed by atoms with E-state index in [-0.39, 0.29) is 6.10 Å². The van der Waals surface area contributed by atoms with E-state index in [1.807, 2.05) is 0 Å². The molecule has 1 fully saturated rings. The summed E-state index contributed by atoms with van der Waals surface area (Å²) in [5, 5.41) is 9.29. The normalized spacial score (nSPS) is 38.0. The summed E-state index contributed by atoms with van der Waals surface area (Å²) in [5.74, 6) is -0.642. The highest BCUT2D eigenvalue weighted by Crippen LogP contribution is 2.39. The number of rotatable bonds is 2. The van der Waals surface area contributed by atoms with Crippen LogP contribution in [0, 0.1) is 0 Å². The Morgan fingerprint density at radius 1 is 1.82 bits per heavy atom. The van der Waals surface area contributed by atoms with Crippen molar-refractivity contribution in [2.24, 2.45) is 0 Å². The summed E-state index contributed by atoms with van der Waals surface area (Å²) in [6.45, 7) is 3.48. The van der Waals surface area contributed by atoms with E-state index in [0.717, 1.165) is 0 Å². The lowest BCUT2D eigenvalue weighted by atomic mass is 10.0. The van der Waals surface area contributed by atoms with Gasteiger partial charge in [0.2, 0.25) is 0 Å². The van der Waals surface area contributed by atoms with Crippen LogP contribution in [0.25, 0.3) is 0 Å². The van der Waals surface area contributed by atoms with Crippen molar-refractivity contribution in [1.82, 2.24) is 0 Å². The van der Waals surface area contributed by atoms with Crippen LogP contribution in [0.2, 0.25) is 0 Å². The number of esters is 1. The molecule has 1 heterocycles. The van der Waals surface area contributed by atoms with Crippen molar-refractivity contribution in [2.45, 2.75) is 31.7 Å². The van der Waals surface area contributed by atoms with E-state index in [4.69, 9.17) is 4.74 Å². The molecule has 0 bridgehead atoms. The molecule has 0 aromatic rings. The minimum atomic E-state index is -1.16. The molecule has 1 N–H and O–H groups in total. The first kappa shape index (κ1) is 8.49. The van der Waals surface area contributed by atoms with Crippen LogP contribution in [-0.4, -0.2) is 36.0 Å². The van der Waals surface area contributed by atoms with Gasteiger partial charge >= 0.3 is 5.97 Å². The summed E-state index contributed by atoms with van der Waals surface area (Å²) in [6.07, 6.45) is -1.24. The van der Waals surface area contributed by atoms with Crippen molar-refractivity contribution in [3.8, 4) is 0 Å². The van der Waals surface area contributed by atoms with E-state index < -0.39 is 17.7 Å². The van der Waals surface area contributed by atoms with Crippen LogP contribution in [-0.2, 0) is 14.3 Å². The Hall–Kier alpha value is -0.610. The van der Waals surface area contributed by atoms with E-state index in [1.54, 1.807) is 13.8 Å². The molecular formula is C7H12O4. The standard InChI is InChI=1S/C7H12O4/c1-4-7(2,11-4)5(8)6(9)10-3/h4-5,8H,1-3H3/t4-,5-,7+/m1/s1. The fourth-order valence-corrected chi connectivity index (χ4v) is 0.979. The lowest BCUT2D eigenvalue weighted by molar-refractivity contribution is -0.153. The fourth-order valence-electron chi connectivity index (χ4n) is 0.979. The first-order valence-electron chi connectivity index (χ1n) is 3.46. The van der Waals surface area contributed by atoms with Gasteiger partial charge in [-0.15, -0.1) is 0 Å². The second-order valence-electron chi connectivity index (χ2n) is 2.87. The molecule has 0 spiro atoms. The van der Waals surface area contributed by atoms with E-state index in [2.05, 4.69) is 4.74 Å². The zero-order chi connectivity index (χ0) is 8.65. The zero-order valence-corrected chi connectivity index (χ0v) is 6.83. The molecule has 64 valence electrons. The van der Waals surface area contributed by atoms with Gasteiger partial charge in [0.05, 0.1) is 13.2 Å². The van der Waals surface area contributed by atoms with Gasteiger partial charge in [0.1, 0.15) is 5.60 Å². The second kappa shape index (κ2) is 2.46. The first-order valence-corrected chi connectivity index (χ1v) is 3.46. The molecule has 1 saturated heterocycles. The van der Waals surface area contributed by atoms with Crippen LogP contribution < -0.4 is 0 Å². The summed E-state index contributed by atoms with van der Waals surface area (Å²) >= 11 is 0. The first-order chi connectivity index (χ1) is 5.02. The third-order valence-electron chi connectivity index (χ3n) is 2.15. The summed E-state index contributed by atoms with van der Waals surface area (Å²) in [5.41, 5.74) is -0.729. The van der Waals surface area contributed by atoms with Crippen LogP contribution in [0.4, 0.5) is 0 Å². The molecule has 0 radical (unpaired) electrons. The number of aliphatic hydroxyl groups excluding tert-OH is 1. The maximum absolute atomic E-state index is 10.8. The number of carbonyl (C=O) groups excluding carboxylic acids is 1. The third kappa shape index (κ3) is 1.23. The molecule has 0 aliphatic carbocycles. The van der Waals surface area contributed by atoms with Gasteiger partial charge in [-0.2, -0.15) is 0 Å². The topological polar surface area (TPSA) is 59.1 Å². The average molecular weight is 160 g/mol. The minimum absolute atomic E-state index is 0.0726. The van der Waals surface area contributed by atoms with E-state index in [0.29, 0.717) is 0 Å². The summed E-state index contributed by atoms with van der Waals surface area (Å²) in [6, 6.07) is 0. The molecule has 1 aliphatic rings. The van der Waals surface area contributed by atoms with Gasteiger partial charge in [-0.05, 0) is 13.8 Å². The van der Waals surface area contributed by atoms with Crippen LogP contribution in [0.1, 0.15) is 13.8 Å². The van der Waals surface area contributed by atoms with Gasteiger partial charge in [0.15, 0.2) is 6.10 Å². The molecule has 11 heavy (non-hydrogen) atoms. The van der Waals surface area contributed by atoms with E-state index in [1.165, 1.54) is 7.11 Å². The van der Waals surface area contributed by atoms with Crippen molar-refractivity contribution < 1.29 is 19.4 Å². The highest BCUT2D eigenvalue weighted by Gasteiger charge is 2.57. The molecular weight excluding hydrogens is 148 g/mol. The van der Waals surface area contributed by atoms with E-state index >= 15 is 0 Å². The van der Waals surface area contributed by atoms with Gasteiger partial charge in [-0.3, -0.25) is 0 Å². The van der Waals surface area contributed by atoms with Crippen molar-refractivity contribution >= 4 is 5.97 Å². The number of epoxide rings is 1. The molecule has 0 aromatic carbocycles. The SMILES string of the molecule is COC(=O)[C@@H](O)[C@@]1(C)O[C@@H]1C. The number of aliphatic hydroxyl groups is 1. The Labute approximate surface area is 65.1 Å². The van der Waals surface area contributed by atoms with E-state index in [9.17, 15) is 9.90 Å². The van der Waals surface area contributed by atoms with Crippen LogP contribution in [0.5, 0.6) is 0 Å². The van der Waals surface area contributed by atoms with Crippen molar-refractivity contribution in [2.75, 3.05) is 7.11 Å². The molecule has 0 aromatic heterocycles. The summed E-state index contributed by atoms with van der Waals surface area (Å²) in [7, 11) is 1.24. The molecule has 0 amide bonds. The Morgan fingerprint density at radius 3 is 2.55 bits per heavy atom. The summed E-state index contributed by atoms with van der Waals surface area (Å²) < 4.78 is 9.40. The molecule has 0 saturated carbocycles. The van der Waals surface area contributed by atoms with Gasteiger partial charge in [0.25, 0.3) is 0 Å². The molecule has 4 heteroatoms. The summed E-state index contributed by atoms with van der Waals surface area (Å²) in [4.78, 5) is 10.8. The third-order valence-corrected chi connectivity index (χ3v) is 2.15. The predicted octanol–water partition coefficient (Wildman–Crippen LogP) is -0.302. The Bertz CT molecular complexity index is 179. The number of ether oxygens (including phenoxy) is 2. The number of hydrogen-bond acceptors (Lipinski definition) is 4. The van der Waals surface area contributed by atoms with Crippen LogP contribution in [0.3, 0.4) is 0 Å². The largest absolute Gasteiger partial charge is 0.467 e. The average Bonchev–Trinajstić information content (AvgIpc) is 2.58. The Kier molecular flexibility index (Phi) is 1.90. The predicted molar refractivity (Wildman–Crippen MR) is 37.0 cm³/mol. The molecule has 4 nitrogen and oxygen atoms in total.